The Morgan fingerprint density at radius 1 is 1.18 bits per heavy atom. The Bertz CT molecular complexity index is 1780. The Hall–Kier alpha value is -3.97. The van der Waals surface area contributed by atoms with E-state index in [1.54, 1.807) is 9.80 Å². The van der Waals surface area contributed by atoms with E-state index in [1.165, 1.54) is 30.5 Å². The number of H-pyrrole nitrogens is 1. The van der Waals surface area contributed by atoms with Gasteiger partial charge in [-0.2, -0.15) is 15.1 Å². The Balaban J connectivity index is 1.40. The van der Waals surface area contributed by atoms with E-state index in [-0.39, 0.29) is 70.6 Å². The number of nitrogens with zero attached hydrogens (tertiary/aromatic N) is 6. The first-order valence-electron chi connectivity index (χ1n) is 14.7. The number of ether oxygens (including phenoxy) is 1. The van der Waals surface area contributed by atoms with Crippen molar-refractivity contribution in [2.75, 3.05) is 44.2 Å². The second kappa shape index (κ2) is 12.1. The van der Waals surface area contributed by atoms with Crippen LogP contribution in [-0.2, 0) is 4.79 Å². The van der Waals surface area contributed by atoms with Crippen LogP contribution in [0.25, 0.3) is 32.9 Å². The van der Waals surface area contributed by atoms with Gasteiger partial charge >= 0.3 is 6.01 Å². The van der Waals surface area contributed by atoms with Gasteiger partial charge < -0.3 is 14.5 Å². The van der Waals surface area contributed by atoms with E-state index in [4.69, 9.17) is 16.3 Å². The smallest absolute Gasteiger partial charge is 0.319 e. The van der Waals surface area contributed by atoms with Crippen LogP contribution in [0.2, 0.25) is 5.02 Å². The quantitative estimate of drug-likeness (QED) is 0.147. The number of aromatic amines is 1. The minimum atomic E-state index is -2.69. The first-order chi connectivity index (χ1) is 21.5. The maximum atomic E-state index is 16.6. The molecule has 2 fully saturated rings. The lowest BCUT2D eigenvalue weighted by Crippen LogP contribution is -2.58. The number of rotatable bonds is 8. The number of fused-ring (bicyclic) bond motifs is 2. The summed E-state index contributed by atoms with van der Waals surface area (Å²) in [6, 6.07) is 3.63. The molecule has 4 heterocycles. The van der Waals surface area contributed by atoms with Gasteiger partial charge in [0, 0.05) is 66.6 Å². The normalized spacial score (nSPS) is 20.3. The van der Waals surface area contributed by atoms with Gasteiger partial charge in [-0.15, -0.1) is 0 Å². The molecule has 45 heavy (non-hydrogen) atoms. The van der Waals surface area contributed by atoms with Gasteiger partial charge in [-0.1, -0.05) is 18.2 Å². The van der Waals surface area contributed by atoms with Crippen LogP contribution in [0.1, 0.15) is 26.7 Å². The maximum absolute atomic E-state index is 16.6. The molecule has 0 radical (unpaired) electrons. The Kier molecular flexibility index (Phi) is 8.33. The summed E-state index contributed by atoms with van der Waals surface area (Å²) in [5, 5.41) is 7.31. The van der Waals surface area contributed by atoms with Crippen LogP contribution in [0.15, 0.2) is 37.1 Å². The summed E-state index contributed by atoms with van der Waals surface area (Å²) >= 11 is 6.70. The molecule has 2 aromatic heterocycles. The Morgan fingerprint density at radius 2 is 1.98 bits per heavy atom. The number of hydrogen-bond donors (Lipinski definition) is 1. The number of alkyl halides is 2. The van der Waals surface area contributed by atoms with Gasteiger partial charge in [0.2, 0.25) is 5.91 Å². The molecule has 4 aromatic rings. The van der Waals surface area contributed by atoms with Crippen LogP contribution in [0, 0.1) is 11.6 Å². The highest BCUT2D eigenvalue weighted by Crippen LogP contribution is 2.42. The second-order valence-corrected chi connectivity index (χ2v) is 12.1. The third kappa shape index (κ3) is 5.90. The summed E-state index contributed by atoms with van der Waals surface area (Å²) in [5.74, 6) is -4.10. The van der Waals surface area contributed by atoms with Crippen molar-refractivity contribution in [2.24, 2.45) is 0 Å². The van der Waals surface area contributed by atoms with Gasteiger partial charge in [-0.25, -0.2) is 17.6 Å². The summed E-state index contributed by atoms with van der Waals surface area (Å²) in [5.41, 5.74) is 0.133. The zero-order valence-corrected chi connectivity index (χ0v) is 25.6. The molecular formula is C31H32ClF4N7O2. The van der Waals surface area contributed by atoms with E-state index in [9.17, 15) is 13.6 Å². The SMILES string of the molecule is C=CC(=O)N1C[C@H](C)N(c2nc(OCCCN3CCC(F)(F)C3)nc3c(F)c(-c4c(F)ccc5[nH]ncc45)c(Cl)cc23)C[C@H]1C. The van der Waals surface area contributed by atoms with Crippen molar-refractivity contribution in [3.8, 4) is 17.1 Å². The highest BCUT2D eigenvalue weighted by molar-refractivity contribution is 6.35. The average molecular weight is 646 g/mol. The van der Waals surface area contributed by atoms with Crippen LogP contribution >= 0.6 is 11.6 Å². The van der Waals surface area contributed by atoms with Crippen molar-refractivity contribution in [1.29, 1.82) is 0 Å². The van der Waals surface area contributed by atoms with E-state index in [1.807, 2.05) is 18.7 Å². The van der Waals surface area contributed by atoms with Crippen molar-refractivity contribution in [1.82, 2.24) is 30.0 Å². The topological polar surface area (TPSA) is 90.5 Å². The first-order valence-corrected chi connectivity index (χ1v) is 15.1. The number of amides is 1. The number of nitrogens with one attached hydrogen (secondary N) is 1. The molecule has 14 heteroatoms. The van der Waals surface area contributed by atoms with Crippen LogP contribution in [-0.4, -0.2) is 93.2 Å². The van der Waals surface area contributed by atoms with Crippen molar-refractivity contribution in [3.05, 3.63) is 53.7 Å². The van der Waals surface area contributed by atoms with Crippen LogP contribution in [0.4, 0.5) is 23.4 Å². The van der Waals surface area contributed by atoms with Crippen LogP contribution < -0.4 is 9.64 Å². The summed E-state index contributed by atoms with van der Waals surface area (Å²) in [7, 11) is 0. The molecule has 0 aliphatic carbocycles. The minimum Gasteiger partial charge on any atom is -0.463 e. The van der Waals surface area contributed by atoms with Crippen molar-refractivity contribution < 1.29 is 27.1 Å². The van der Waals surface area contributed by atoms with E-state index >= 15 is 8.78 Å². The fraction of sp³-hybridized carbons (Fsp3) is 0.419. The fourth-order valence-corrected chi connectivity index (χ4v) is 6.50. The van der Waals surface area contributed by atoms with Gasteiger partial charge in [-0.3, -0.25) is 14.8 Å². The molecule has 0 unspecified atom stereocenters. The summed E-state index contributed by atoms with van der Waals surface area (Å²) in [6.07, 6.45) is 2.91. The van der Waals surface area contributed by atoms with Crippen LogP contribution in [0.3, 0.4) is 0 Å². The fourth-order valence-electron chi connectivity index (χ4n) is 6.21. The molecule has 2 saturated heterocycles. The van der Waals surface area contributed by atoms with Gasteiger partial charge in [0.1, 0.15) is 17.2 Å². The lowest BCUT2D eigenvalue weighted by molar-refractivity contribution is -0.128. The highest BCUT2D eigenvalue weighted by Gasteiger charge is 2.38. The number of carbonyl (C=O) groups excluding carboxylic acids is 1. The molecule has 1 N–H and O–H groups in total. The first kappa shape index (κ1) is 31.0. The molecule has 2 aromatic carbocycles. The number of halogens is 5. The Morgan fingerprint density at radius 3 is 2.71 bits per heavy atom. The molecule has 0 spiro atoms. The predicted octanol–water partition coefficient (Wildman–Crippen LogP) is 5.83. The van der Waals surface area contributed by atoms with E-state index < -0.39 is 17.6 Å². The average Bonchev–Trinajstić information content (AvgIpc) is 3.62. The molecule has 9 nitrogen and oxygen atoms in total. The number of anilines is 1. The van der Waals surface area contributed by atoms with Crippen molar-refractivity contribution >= 4 is 45.1 Å². The van der Waals surface area contributed by atoms with Crippen molar-refractivity contribution in [2.45, 2.75) is 44.7 Å². The molecule has 0 saturated carbocycles. The van der Waals surface area contributed by atoms with Crippen LogP contribution in [0.5, 0.6) is 6.01 Å². The summed E-state index contributed by atoms with van der Waals surface area (Å²) < 4.78 is 65.0. The standard InChI is InChI=1S/C31H32ClF4N7O2/c1-4-24(44)42-14-18(3)43(15-17(42)2)29-19-12-21(32)26(25-20-13-37-40-23(20)7-6-22(25)33)27(34)28(19)38-30(39-29)45-11-5-9-41-10-8-31(35,36)16-41/h4,6-7,12-13,17-18H,1,5,8-11,14-16H2,2-3H3,(H,37,40)/t17-,18+/m1/s1. The largest absolute Gasteiger partial charge is 0.463 e. The minimum absolute atomic E-state index is 0.0466. The molecule has 6 rings (SSSR count). The Labute approximate surface area is 261 Å². The number of carbonyl (C=O) groups is 1. The summed E-state index contributed by atoms with van der Waals surface area (Å²) in [6.45, 7) is 8.62. The number of benzene rings is 2. The number of aromatic nitrogens is 4. The van der Waals surface area contributed by atoms with Gasteiger partial charge in [0.05, 0.1) is 29.9 Å². The molecular weight excluding hydrogens is 614 g/mol. The van der Waals surface area contributed by atoms with Gasteiger partial charge in [0.15, 0.2) is 5.82 Å². The molecule has 238 valence electrons. The van der Waals surface area contributed by atoms with Gasteiger partial charge in [-0.05, 0) is 44.5 Å². The number of piperazine rings is 1. The third-order valence-electron chi connectivity index (χ3n) is 8.48. The zero-order chi connectivity index (χ0) is 32.0. The molecule has 2 aliphatic rings. The number of hydrogen-bond acceptors (Lipinski definition) is 7. The third-order valence-corrected chi connectivity index (χ3v) is 8.78. The predicted molar refractivity (Wildman–Crippen MR) is 164 cm³/mol. The maximum Gasteiger partial charge on any atom is 0.319 e. The molecule has 2 aliphatic heterocycles. The van der Waals surface area contributed by atoms with E-state index in [0.717, 1.165) is 0 Å². The van der Waals surface area contributed by atoms with E-state index in [0.29, 0.717) is 49.3 Å². The molecule has 1 amide bonds. The van der Waals surface area contributed by atoms with Crippen molar-refractivity contribution in [3.63, 3.8) is 0 Å². The highest BCUT2D eigenvalue weighted by atomic mass is 35.5. The lowest BCUT2D eigenvalue weighted by atomic mass is 9.98. The monoisotopic (exact) mass is 645 g/mol. The zero-order valence-electron chi connectivity index (χ0n) is 24.8. The summed E-state index contributed by atoms with van der Waals surface area (Å²) in [4.78, 5) is 26.8. The second-order valence-electron chi connectivity index (χ2n) is 11.7. The number of likely N-dealkylation sites (tertiary alicyclic amines) is 1. The molecule has 2 atom stereocenters. The molecule has 0 bridgehead atoms. The van der Waals surface area contributed by atoms with Gasteiger partial charge in [0.25, 0.3) is 5.92 Å². The lowest BCUT2D eigenvalue weighted by Gasteiger charge is -2.44. The van der Waals surface area contributed by atoms with E-state index in [2.05, 4.69) is 26.7 Å².